The number of fused-ring (bicyclic) bond motifs is 1. The Hall–Kier alpha value is -1.52. The summed E-state index contributed by atoms with van der Waals surface area (Å²) in [4.78, 5) is 2.60. The normalized spacial score (nSPS) is 18.4. The second-order valence-electron chi connectivity index (χ2n) is 7.20. The molecular weight excluding hydrogens is 332 g/mol. The number of nitrogens with one attached hydrogen (secondary N) is 1. The fraction of sp³-hybridized carbons (Fsp3) is 0.550. The van der Waals surface area contributed by atoms with Crippen molar-refractivity contribution in [2.45, 2.75) is 44.9 Å². The van der Waals surface area contributed by atoms with Gasteiger partial charge in [0.05, 0.1) is 11.4 Å². The topological polar surface area (TPSA) is 33.1 Å². The molecule has 0 atom stereocenters. The Bertz CT molecular complexity index is 701. The third-order valence-corrected chi connectivity index (χ3v) is 5.65. The number of aromatic nitrogens is 2. The van der Waals surface area contributed by atoms with Gasteiger partial charge >= 0.3 is 0 Å². The summed E-state index contributed by atoms with van der Waals surface area (Å²) >= 11 is 6.06. The zero-order valence-corrected chi connectivity index (χ0v) is 15.6. The molecule has 5 heteroatoms. The lowest BCUT2D eigenvalue weighted by Crippen LogP contribution is -2.31. The van der Waals surface area contributed by atoms with E-state index < -0.39 is 0 Å². The maximum atomic E-state index is 6.06. The summed E-state index contributed by atoms with van der Waals surface area (Å²) in [6.45, 7) is 4.65. The molecule has 1 saturated heterocycles. The van der Waals surface area contributed by atoms with Crippen molar-refractivity contribution in [3.8, 4) is 5.69 Å². The van der Waals surface area contributed by atoms with E-state index in [0.717, 1.165) is 36.6 Å². The number of nitrogens with zero attached hydrogens (tertiary/aromatic N) is 3. The molecule has 1 N–H and O–H groups in total. The van der Waals surface area contributed by atoms with E-state index in [1.54, 1.807) is 0 Å². The first kappa shape index (κ1) is 16.9. The van der Waals surface area contributed by atoms with Gasteiger partial charge in [-0.3, -0.25) is 0 Å². The summed E-state index contributed by atoms with van der Waals surface area (Å²) in [5.74, 6) is 1.19. The number of likely N-dealkylation sites (tertiary alicyclic amines) is 1. The molecule has 0 aliphatic carbocycles. The lowest BCUT2D eigenvalue weighted by Gasteiger charge is -2.26. The van der Waals surface area contributed by atoms with E-state index in [9.17, 15) is 0 Å². The van der Waals surface area contributed by atoms with Gasteiger partial charge in [0.1, 0.15) is 5.82 Å². The number of benzene rings is 1. The van der Waals surface area contributed by atoms with Crippen LogP contribution in [-0.2, 0) is 12.8 Å². The standard InChI is InChI=1S/C20H27ClN4/c21-16-7-9-17(10-8-16)25-20-18(6-2-3-12-22-20)19(23-25)11-15-24-13-4-1-5-14-24/h7-10,22H,1-6,11-15H2. The molecule has 0 spiro atoms. The largest absolute Gasteiger partial charge is 0.370 e. The summed E-state index contributed by atoms with van der Waals surface area (Å²) in [6, 6.07) is 7.98. The summed E-state index contributed by atoms with van der Waals surface area (Å²) in [6.07, 6.45) is 8.72. The van der Waals surface area contributed by atoms with Gasteiger partial charge in [0.2, 0.25) is 0 Å². The predicted molar refractivity (Wildman–Crippen MR) is 104 cm³/mol. The van der Waals surface area contributed by atoms with Crippen molar-refractivity contribution < 1.29 is 0 Å². The predicted octanol–water partition coefficient (Wildman–Crippen LogP) is 4.30. The molecule has 1 aromatic carbocycles. The first-order valence-electron chi connectivity index (χ1n) is 9.64. The smallest absolute Gasteiger partial charge is 0.133 e. The molecule has 1 aromatic heterocycles. The number of rotatable bonds is 4. The SMILES string of the molecule is Clc1ccc(-n2nc(CCN3CCCCC3)c3c2NCCCC3)cc1. The van der Waals surface area contributed by atoms with E-state index >= 15 is 0 Å². The summed E-state index contributed by atoms with van der Waals surface area (Å²) in [5.41, 5.74) is 3.77. The van der Waals surface area contributed by atoms with Crippen molar-refractivity contribution in [2.24, 2.45) is 0 Å². The summed E-state index contributed by atoms with van der Waals surface area (Å²) < 4.78 is 2.09. The molecule has 0 saturated carbocycles. The number of hydrogen-bond donors (Lipinski definition) is 1. The zero-order valence-electron chi connectivity index (χ0n) is 14.8. The highest BCUT2D eigenvalue weighted by molar-refractivity contribution is 6.30. The Balaban J connectivity index is 1.60. The minimum atomic E-state index is 0.764. The fourth-order valence-corrected chi connectivity index (χ4v) is 4.12. The van der Waals surface area contributed by atoms with Crippen LogP contribution < -0.4 is 5.32 Å². The van der Waals surface area contributed by atoms with Gasteiger partial charge in [-0.1, -0.05) is 18.0 Å². The number of halogens is 1. The van der Waals surface area contributed by atoms with Crippen LogP contribution in [0.3, 0.4) is 0 Å². The van der Waals surface area contributed by atoms with Gasteiger partial charge in [0.15, 0.2) is 0 Å². The van der Waals surface area contributed by atoms with Gasteiger partial charge in [-0.25, -0.2) is 4.68 Å². The van der Waals surface area contributed by atoms with Crippen molar-refractivity contribution >= 4 is 17.4 Å². The van der Waals surface area contributed by atoms with E-state index in [1.165, 1.54) is 62.3 Å². The maximum Gasteiger partial charge on any atom is 0.133 e. The number of hydrogen-bond acceptors (Lipinski definition) is 3. The minimum absolute atomic E-state index is 0.764. The molecule has 134 valence electrons. The molecular formula is C20H27ClN4. The van der Waals surface area contributed by atoms with Gasteiger partial charge in [-0.2, -0.15) is 5.10 Å². The van der Waals surface area contributed by atoms with Crippen LogP contribution in [0, 0.1) is 0 Å². The maximum absolute atomic E-state index is 6.06. The highest BCUT2D eigenvalue weighted by Crippen LogP contribution is 2.29. The van der Waals surface area contributed by atoms with Crippen LogP contribution in [0.4, 0.5) is 5.82 Å². The second kappa shape index (κ2) is 7.79. The molecule has 2 aliphatic rings. The van der Waals surface area contributed by atoms with Crippen molar-refractivity contribution in [3.05, 3.63) is 40.5 Å². The third kappa shape index (κ3) is 3.85. The monoisotopic (exact) mass is 358 g/mol. The molecule has 4 nitrogen and oxygen atoms in total. The number of anilines is 1. The zero-order chi connectivity index (χ0) is 17.1. The Morgan fingerprint density at radius 2 is 1.80 bits per heavy atom. The quantitative estimate of drug-likeness (QED) is 0.884. The Labute approximate surface area is 155 Å². The van der Waals surface area contributed by atoms with Gasteiger partial charge in [-0.15, -0.1) is 0 Å². The molecule has 3 heterocycles. The average Bonchev–Trinajstić information content (AvgIpc) is 2.82. The van der Waals surface area contributed by atoms with E-state index in [4.69, 9.17) is 16.7 Å². The Kier molecular flexibility index (Phi) is 5.28. The fourth-order valence-electron chi connectivity index (χ4n) is 3.99. The molecule has 2 aromatic rings. The first-order valence-corrected chi connectivity index (χ1v) is 10.0. The van der Waals surface area contributed by atoms with E-state index in [0.29, 0.717) is 0 Å². The number of piperidine rings is 1. The van der Waals surface area contributed by atoms with Crippen LogP contribution in [0.25, 0.3) is 5.69 Å². The van der Waals surface area contributed by atoms with Crippen LogP contribution in [0.15, 0.2) is 24.3 Å². The Morgan fingerprint density at radius 1 is 1.00 bits per heavy atom. The second-order valence-corrected chi connectivity index (χ2v) is 7.63. The molecule has 0 unspecified atom stereocenters. The molecule has 25 heavy (non-hydrogen) atoms. The first-order chi connectivity index (χ1) is 12.3. The molecule has 4 rings (SSSR count). The van der Waals surface area contributed by atoms with Crippen LogP contribution >= 0.6 is 11.6 Å². The van der Waals surface area contributed by atoms with Crippen molar-refractivity contribution in [3.63, 3.8) is 0 Å². The van der Waals surface area contributed by atoms with Gasteiger partial charge in [0, 0.05) is 30.1 Å². The Morgan fingerprint density at radius 3 is 2.60 bits per heavy atom. The van der Waals surface area contributed by atoms with Gasteiger partial charge in [-0.05, 0) is 69.5 Å². The van der Waals surface area contributed by atoms with E-state index in [1.807, 2.05) is 12.1 Å². The van der Waals surface area contributed by atoms with Crippen molar-refractivity contribution in [1.82, 2.24) is 14.7 Å². The summed E-state index contributed by atoms with van der Waals surface area (Å²) in [7, 11) is 0. The molecule has 0 amide bonds. The van der Waals surface area contributed by atoms with Crippen LogP contribution in [0.5, 0.6) is 0 Å². The highest BCUT2D eigenvalue weighted by Gasteiger charge is 2.21. The molecule has 2 aliphatic heterocycles. The minimum Gasteiger partial charge on any atom is -0.370 e. The average molecular weight is 359 g/mol. The summed E-state index contributed by atoms with van der Waals surface area (Å²) in [5, 5.41) is 9.39. The third-order valence-electron chi connectivity index (χ3n) is 5.40. The van der Waals surface area contributed by atoms with E-state index in [2.05, 4.69) is 27.0 Å². The van der Waals surface area contributed by atoms with Crippen LogP contribution in [0.1, 0.15) is 43.4 Å². The van der Waals surface area contributed by atoms with Gasteiger partial charge < -0.3 is 10.2 Å². The van der Waals surface area contributed by atoms with Gasteiger partial charge in [0.25, 0.3) is 0 Å². The van der Waals surface area contributed by atoms with Crippen LogP contribution in [-0.4, -0.2) is 40.9 Å². The lowest BCUT2D eigenvalue weighted by atomic mass is 10.1. The molecule has 0 radical (unpaired) electrons. The molecule has 0 bridgehead atoms. The lowest BCUT2D eigenvalue weighted by molar-refractivity contribution is 0.230. The molecule has 1 fully saturated rings. The van der Waals surface area contributed by atoms with E-state index in [-0.39, 0.29) is 0 Å². The highest BCUT2D eigenvalue weighted by atomic mass is 35.5. The van der Waals surface area contributed by atoms with Crippen molar-refractivity contribution in [1.29, 1.82) is 0 Å². The van der Waals surface area contributed by atoms with Crippen molar-refractivity contribution in [2.75, 3.05) is 31.5 Å². The van der Waals surface area contributed by atoms with Crippen LogP contribution in [0.2, 0.25) is 5.02 Å².